The highest BCUT2D eigenvalue weighted by atomic mass is 16.5. The van der Waals surface area contributed by atoms with E-state index in [1.165, 1.54) is 0 Å². The molecule has 0 saturated heterocycles. The van der Waals surface area contributed by atoms with Gasteiger partial charge in [0.25, 0.3) is 0 Å². The number of hydrogen-bond acceptors (Lipinski definition) is 6. The lowest BCUT2D eigenvalue weighted by Gasteiger charge is -2.04. The van der Waals surface area contributed by atoms with Gasteiger partial charge in [-0.05, 0) is 25.8 Å². The molecule has 0 aromatic carbocycles. The van der Waals surface area contributed by atoms with Gasteiger partial charge >= 0.3 is 6.09 Å². The Labute approximate surface area is 120 Å². The normalized spacial score (nSPS) is 15.5. The summed E-state index contributed by atoms with van der Waals surface area (Å²) in [6.07, 6.45) is 2.83. The summed E-state index contributed by atoms with van der Waals surface area (Å²) in [4.78, 5) is 18.9. The predicted octanol–water partition coefficient (Wildman–Crippen LogP) is 2.00. The van der Waals surface area contributed by atoms with Crippen LogP contribution in [0.1, 0.15) is 31.7 Å². The summed E-state index contributed by atoms with van der Waals surface area (Å²) in [7, 11) is 0. The van der Waals surface area contributed by atoms with Crippen molar-refractivity contribution in [3.05, 3.63) is 24.2 Å². The number of aromatic nitrogens is 3. The van der Waals surface area contributed by atoms with Crippen LogP contribution >= 0.6 is 0 Å². The molecule has 0 spiro atoms. The Bertz CT molecular complexity index is 653. The number of ether oxygens (including phenoxy) is 1. The van der Waals surface area contributed by atoms with E-state index in [1.807, 2.05) is 0 Å². The number of rotatable bonds is 5. The van der Waals surface area contributed by atoms with E-state index in [-0.39, 0.29) is 12.0 Å². The number of carboxylic acid groups (broad SMARTS) is 1. The maximum atomic E-state index is 10.6. The van der Waals surface area contributed by atoms with Crippen LogP contribution in [-0.2, 0) is 0 Å². The van der Waals surface area contributed by atoms with E-state index in [0.717, 1.165) is 12.8 Å². The number of amides is 1. The third-order valence-electron chi connectivity index (χ3n) is 2.96. The zero-order chi connectivity index (χ0) is 14.8. The van der Waals surface area contributed by atoms with E-state index >= 15 is 0 Å². The SMILES string of the molecule is CC(NC(=O)O)c1nc(-c2ccnc(OC3CC3)c2)no1. The highest BCUT2D eigenvalue weighted by Gasteiger charge is 2.24. The topological polar surface area (TPSA) is 110 Å². The van der Waals surface area contributed by atoms with Crippen LogP contribution < -0.4 is 10.1 Å². The van der Waals surface area contributed by atoms with Crippen LogP contribution in [0.2, 0.25) is 0 Å². The van der Waals surface area contributed by atoms with Crippen LogP contribution in [0, 0.1) is 0 Å². The van der Waals surface area contributed by atoms with Crippen molar-refractivity contribution in [1.29, 1.82) is 0 Å². The first-order valence-electron chi connectivity index (χ1n) is 6.58. The largest absolute Gasteiger partial charge is 0.474 e. The van der Waals surface area contributed by atoms with Crippen molar-refractivity contribution < 1.29 is 19.2 Å². The molecule has 0 radical (unpaired) electrons. The number of carbonyl (C=O) groups is 1. The van der Waals surface area contributed by atoms with Crippen LogP contribution in [0.15, 0.2) is 22.9 Å². The quantitative estimate of drug-likeness (QED) is 0.866. The average Bonchev–Trinajstić information content (AvgIpc) is 3.11. The van der Waals surface area contributed by atoms with Crippen molar-refractivity contribution in [2.24, 2.45) is 0 Å². The van der Waals surface area contributed by atoms with Gasteiger partial charge in [0.15, 0.2) is 0 Å². The molecule has 1 saturated carbocycles. The minimum Gasteiger partial charge on any atom is -0.474 e. The summed E-state index contributed by atoms with van der Waals surface area (Å²) in [6.45, 7) is 1.62. The molecule has 2 aromatic heterocycles. The van der Waals surface area contributed by atoms with Gasteiger partial charge in [-0.25, -0.2) is 9.78 Å². The van der Waals surface area contributed by atoms with Gasteiger partial charge in [0.1, 0.15) is 12.1 Å². The fraction of sp³-hybridized carbons (Fsp3) is 0.385. The lowest BCUT2D eigenvalue weighted by atomic mass is 10.2. The number of nitrogens with one attached hydrogen (secondary N) is 1. The average molecular weight is 290 g/mol. The highest BCUT2D eigenvalue weighted by molar-refractivity contribution is 5.65. The zero-order valence-electron chi connectivity index (χ0n) is 11.3. The summed E-state index contributed by atoms with van der Waals surface area (Å²) in [5.74, 6) is 1.10. The molecule has 2 N–H and O–H groups in total. The summed E-state index contributed by atoms with van der Waals surface area (Å²) in [6, 6.07) is 2.90. The van der Waals surface area contributed by atoms with Gasteiger partial charge < -0.3 is 19.7 Å². The second-order valence-electron chi connectivity index (χ2n) is 4.83. The van der Waals surface area contributed by atoms with Crippen molar-refractivity contribution in [3.63, 3.8) is 0 Å². The molecule has 8 heteroatoms. The summed E-state index contributed by atoms with van der Waals surface area (Å²) in [5.41, 5.74) is 0.707. The molecule has 2 aromatic rings. The van der Waals surface area contributed by atoms with Gasteiger partial charge in [-0.2, -0.15) is 4.98 Å². The molecule has 2 heterocycles. The molecule has 1 atom stereocenters. The predicted molar refractivity (Wildman–Crippen MR) is 70.8 cm³/mol. The van der Waals surface area contributed by atoms with Crippen molar-refractivity contribution in [2.75, 3.05) is 0 Å². The first-order valence-corrected chi connectivity index (χ1v) is 6.58. The fourth-order valence-corrected chi connectivity index (χ4v) is 1.74. The fourth-order valence-electron chi connectivity index (χ4n) is 1.74. The van der Waals surface area contributed by atoms with Crippen molar-refractivity contribution in [1.82, 2.24) is 20.4 Å². The second-order valence-corrected chi connectivity index (χ2v) is 4.83. The lowest BCUT2D eigenvalue weighted by molar-refractivity contribution is 0.187. The molecule has 1 fully saturated rings. The van der Waals surface area contributed by atoms with E-state index in [0.29, 0.717) is 17.3 Å². The molecule has 110 valence electrons. The van der Waals surface area contributed by atoms with Crippen molar-refractivity contribution >= 4 is 6.09 Å². The molecule has 0 aliphatic heterocycles. The third-order valence-corrected chi connectivity index (χ3v) is 2.96. The Hall–Kier alpha value is -2.64. The van der Waals surface area contributed by atoms with Crippen LogP contribution in [0.5, 0.6) is 5.88 Å². The monoisotopic (exact) mass is 290 g/mol. The number of nitrogens with zero attached hydrogens (tertiary/aromatic N) is 3. The van der Waals surface area contributed by atoms with Gasteiger partial charge in [-0.3, -0.25) is 0 Å². The molecule has 21 heavy (non-hydrogen) atoms. The molecular formula is C13H14N4O4. The van der Waals surface area contributed by atoms with Crippen LogP contribution in [-0.4, -0.2) is 32.4 Å². The van der Waals surface area contributed by atoms with Gasteiger partial charge in [0.2, 0.25) is 17.6 Å². The minimum atomic E-state index is -1.15. The molecule has 8 nitrogen and oxygen atoms in total. The maximum Gasteiger partial charge on any atom is 0.405 e. The smallest absolute Gasteiger partial charge is 0.405 e. The van der Waals surface area contributed by atoms with Gasteiger partial charge in [-0.1, -0.05) is 5.16 Å². The van der Waals surface area contributed by atoms with Gasteiger partial charge in [-0.15, -0.1) is 0 Å². The van der Waals surface area contributed by atoms with Crippen LogP contribution in [0.25, 0.3) is 11.4 Å². The summed E-state index contributed by atoms with van der Waals surface area (Å²) < 4.78 is 10.7. The number of pyridine rings is 1. The molecule has 3 rings (SSSR count). The second kappa shape index (κ2) is 5.39. The minimum absolute atomic E-state index is 0.203. The van der Waals surface area contributed by atoms with Gasteiger partial charge in [0.05, 0.1) is 0 Å². The Balaban J connectivity index is 1.77. The van der Waals surface area contributed by atoms with Crippen LogP contribution in [0.3, 0.4) is 0 Å². The molecule has 1 aliphatic carbocycles. The molecule has 1 unspecified atom stereocenters. The van der Waals surface area contributed by atoms with E-state index in [1.54, 1.807) is 25.3 Å². The van der Waals surface area contributed by atoms with Crippen LogP contribution in [0.4, 0.5) is 4.79 Å². The van der Waals surface area contributed by atoms with Gasteiger partial charge in [0, 0.05) is 17.8 Å². The Morgan fingerprint density at radius 2 is 2.38 bits per heavy atom. The Kier molecular flexibility index (Phi) is 3.43. The lowest BCUT2D eigenvalue weighted by Crippen LogP contribution is -2.24. The highest BCUT2D eigenvalue weighted by Crippen LogP contribution is 2.27. The molecule has 1 aliphatic rings. The first kappa shape index (κ1) is 13.3. The zero-order valence-corrected chi connectivity index (χ0v) is 11.3. The number of hydrogen-bond donors (Lipinski definition) is 2. The standard InChI is InChI=1S/C13H14N4O4/c1-7(15-13(18)19)12-16-11(17-21-12)8-4-5-14-10(6-8)20-9-2-3-9/h4-7,9,15H,2-3H2,1H3,(H,18,19). The van der Waals surface area contributed by atoms with Crippen molar-refractivity contribution in [2.45, 2.75) is 31.9 Å². The van der Waals surface area contributed by atoms with E-state index in [2.05, 4.69) is 20.4 Å². The Morgan fingerprint density at radius 3 is 3.10 bits per heavy atom. The molecule has 0 bridgehead atoms. The van der Waals surface area contributed by atoms with E-state index in [9.17, 15) is 4.79 Å². The summed E-state index contributed by atoms with van der Waals surface area (Å²) >= 11 is 0. The Morgan fingerprint density at radius 1 is 1.57 bits per heavy atom. The van der Waals surface area contributed by atoms with E-state index < -0.39 is 12.1 Å². The maximum absolute atomic E-state index is 10.6. The van der Waals surface area contributed by atoms with E-state index in [4.69, 9.17) is 14.4 Å². The third kappa shape index (κ3) is 3.28. The first-order chi connectivity index (χ1) is 10.1. The van der Waals surface area contributed by atoms with Crippen molar-refractivity contribution in [3.8, 4) is 17.3 Å². The molecule has 1 amide bonds. The molecular weight excluding hydrogens is 276 g/mol. The summed E-state index contributed by atoms with van der Waals surface area (Å²) in [5, 5.41) is 14.8.